The van der Waals surface area contributed by atoms with Crippen LogP contribution in [0.15, 0.2) is 91.0 Å². The molecule has 2 fully saturated rings. The number of rotatable bonds is 12. The molecule has 0 aromatic heterocycles. The largest absolute Gasteiger partial charge is 0.356 e. The van der Waals surface area contributed by atoms with E-state index in [2.05, 4.69) is 40.2 Å². The van der Waals surface area contributed by atoms with Crippen LogP contribution in [0.25, 0.3) is 6.08 Å². The van der Waals surface area contributed by atoms with E-state index in [4.69, 9.17) is 11.6 Å². The summed E-state index contributed by atoms with van der Waals surface area (Å²) in [4.78, 5) is 41.6. The summed E-state index contributed by atoms with van der Waals surface area (Å²) in [7, 11) is 0. The van der Waals surface area contributed by atoms with Gasteiger partial charge in [0.15, 0.2) is 0 Å². The first-order chi connectivity index (χ1) is 22.5. The maximum Gasteiger partial charge on any atom is 0.244 e. The lowest BCUT2D eigenvalue weighted by Crippen LogP contribution is -2.50. The highest BCUT2D eigenvalue weighted by Gasteiger charge is 2.33. The van der Waals surface area contributed by atoms with Crippen LogP contribution in [0.3, 0.4) is 0 Å². The summed E-state index contributed by atoms with van der Waals surface area (Å²) in [6.07, 6.45) is 9.71. The number of nitrogens with zero attached hydrogens (tertiary/aromatic N) is 1. The van der Waals surface area contributed by atoms with Gasteiger partial charge in [-0.05, 0) is 60.6 Å². The molecule has 0 spiro atoms. The molecule has 8 heteroatoms. The molecular formula is C38H45ClN4O3. The fourth-order valence-corrected chi connectivity index (χ4v) is 6.63. The summed E-state index contributed by atoms with van der Waals surface area (Å²) in [6.45, 7) is 1.92. The molecule has 0 radical (unpaired) electrons. The van der Waals surface area contributed by atoms with E-state index >= 15 is 0 Å². The third kappa shape index (κ3) is 9.78. The molecule has 3 N–H and O–H groups in total. The topological polar surface area (TPSA) is 90.5 Å². The summed E-state index contributed by atoms with van der Waals surface area (Å²) in [5.74, 6) is 0.0211. The number of carbonyl (C=O) groups is 3. The van der Waals surface area contributed by atoms with Crippen molar-refractivity contribution >= 4 is 35.4 Å². The van der Waals surface area contributed by atoms with Crippen molar-refractivity contribution in [2.45, 2.75) is 62.9 Å². The number of hydrogen-bond acceptors (Lipinski definition) is 4. The summed E-state index contributed by atoms with van der Waals surface area (Å²) >= 11 is 5.97. The Morgan fingerprint density at radius 3 is 2.17 bits per heavy atom. The van der Waals surface area contributed by atoms with Crippen LogP contribution in [0.1, 0.15) is 67.6 Å². The van der Waals surface area contributed by atoms with Crippen molar-refractivity contribution in [3.63, 3.8) is 0 Å². The van der Waals surface area contributed by atoms with Crippen LogP contribution >= 0.6 is 11.6 Å². The minimum Gasteiger partial charge on any atom is -0.356 e. The minimum atomic E-state index is -0.479. The Kier molecular flexibility index (Phi) is 12.4. The van der Waals surface area contributed by atoms with E-state index in [-0.39, 0.29) is 35.6 Å². The van der Waals surface area contributed by atoms with E-state index < -0.39 is 6.04 Å². The molecule has 3 amide bonds. The number of benzene rings is 3. The number of nitrogens with one attached hydrogen (secondary N) is 3. The van der Waals surface area contributed by atoms with Gasteiger partial charge in [0.25, 0.3) is 0 Å². The van der Waals surface area contributed by atoms with E-state index in [0.29, 0.717) is 44.0 Å². The van der Waals surface area contributed by atoms with Crippen molar-refractivity contribution < 1.29 is 14.4 Å². The Morgan fingerprint density at radius 2 is 1.52 bits per heavy atom. The number of hydrogen-bond donors (Lipinski definition) is 3. The first kappa shape index (κ1) is 33.4. The van der Waals surface area contributed by atoms with E-state index in [1.807, 2.05) is 53.4 Å². The van der Waals surface area contributed by atoms with Crippen LogP contribution in [0.4, 0.5) is 0 Å². The predicted molar refractivity (Wildman–Crippen MR) is 184 cm³/mol. The fraction of sp³-hybridized carbons (Fsp3) is 0.395. The molecule has 46 heavy (non-hydrogen) atoms. The average Bonchev–Trinajstić information content (AvgIpc) is 3.24. The third-order valence-electron chi connectivity index (χ3n) is 9.13. The zero-order chi connectivity index (χ0) is 32.1. The second-order valence-electron chi connectivity index (χ2n) is 12.4. The monoisotopic (exact) mass is 640 g/mol. The molecule has 5 rings (SSSR count). The quantitative estimate of drug-likeness (QED) is 0.214. The highest BCUT2D eigenvalue weighted by atomic mass is 35.5. The smallest absolute Gasteiger partial charge is 0.244 e. The Morgan fingerprint density at radius 1 is 0.870 bits per heavy atom. The number of carbonyl (C=O) groups excluding carboxylic acids is 3. The van der Waals surface area contributed by atoms with Gasteiger partial charge in [0.1, 0.15) is 0 Å². The standard InChI is InChI=1S/C38H45ClN4O3/c39-32-19-16-28(17-20-32)18-21-36(44)41-26-33-23-25-43(27-34(29-10-4-1-5-11-29)30-12-6-2-7-13-30)38(46)35(42-33)22-24-40-37(45)31-14-8-3-9-15-31/h1-2,4-7,10-13,16-21,31,33-35,42H,3,8-9,14-15,22-27H2,(H,40,45)(H,41,44)/b21-18+/t33-,35-/m0/s1. The molecule has 7 nitrogen and oxygen atoms in total. The molecule has 2 aliphatic rings. The summed E-state index contributed by atoms with van der Waals surface area (Å²) in [5.41, 5.74) is 3.20. The van der Waals surface area contributed by atoms with Crippen molar-refractivity contribution in [1.29, 1.82) is 0 Å². The number of halogens is 1. The second kappa shape index (κ2) is 17.1. The van der Waals surface area contributed by atoms with Crippen molar-refractivity contribution in [2.75, 3.05) is 26.2 Å². The highest BCUT2D eigenvalue weighted by molar-refractivity contribution is 6.30. The first-order valence-electron chi connectivity index (χ1n) is 16.6. The van der Waals surface area contributed by atoms with E-state index in [1.54, 1.807) is 18.2 Å². The lowest BCUT2D eigenvalue weighted by Gasteiger charge is -2.29. The van der Waals surface area contributed by atoms with E-state index in [1.165, 1.54) is 12.5 Å². The van der Waals surface area contributed by atoms with Gasteiger partial charge in [0, 0.05) is 55.2 Å². The average molecular weight is 641 g/mol. The Labute approximate surface area is 277 Å². The fourth-order valence-electron chi connectivity index (χ4n) is 6.50. The van der Waals surface area contributed by atoms with Crippen molar-refractivity contribution in [2.24, 2.45) is 5.92 Å². The molecular weight excluding hydrogens is 596 g/mol. The maximum absolute atomic E-state index is 14.1. The van der Waals surface area contributed by atoms with E-state index in [9.17, 15) is 14.4 Å². The van der Waals surface area contributed by atoms with Gasteiger partial charge in [-0.25, -0.2) is 0 Å². The summed E-state index contributed by atoms with van der Waals surface area (Å²) in [6, 6.07) is 27.3. The van der Waals surface area contributed by atoms with Gasteiger partial charge in [0.2, 0.25) is 17.7 Å². The normalized spacial score (nSPS) is 19.3. The van der Waals surface area contributed by atoms with Crippen LogP contribution in [0, 0.1) is 5.92 Å². The van der Waals surface area contributed by atoms with Crippen LogP contribution in [0.5, 0.6) is 0 Å². The SMILES string of the molecule is O=C(/C=C/c1ccc(Cl)cc1)NC[C@@H]1CCN(CC(c2ccccc2)c2ccccc2)C(=O)[C@H](CCNC(=O)C2CCCCC2)N1. The molecule has 1 saturated heterocycles. The molecule has 242 valence electrons. The second-order valence-corrected chi connectivity index (χ2v) is 12.8. The van der Waals surface area contributed by atoms with Gasteiger partial charge in [-0.1, -0.05) is 104 Å². The van der Waals surface area contributed by atoms with Crippen molar-refractivity contribution in [1.82, 2.24) is 20.9 Å². The minimum absolute atomic E-state index is 0.0206. The Balaban J connectivity index is 1.27. The van der Waals surface area contributed by atoms with Crippen LogP contribution in [-0.4, -0.2) is 60.9 Å². The predicted octanol–water partition coefficient (Wildman–Crippen LogP) is 5.95. The molecule has 1 saturated carbocycles. The zero-order valence-electron chi connectivity index (χ0n) is 26.4. The third-order valence-corrected chi connectivity index (χ3v) is 9.38. The van der Waals surface area contributed by atoms with Crippen molar-refractivity contribution in [3.05, 3.63) is 113 Å². The number of amides is 3. The van der Waals surface area contributed by atoms with Crippen LogP contribution in [-0.2, 0) is 14.4 Å². The van der Waals surface area contributed by atoms with Crippen molar-refractivity contribution in [3.8, 4) is 0 Å². The molecule has 0 bridgehead atoms. The highest BCUT2D eigenvalue weighted by Crippen LogP contribution is 2.27. The van der Waals surface area contributed by atoms with Crippen LogP contribution < -0.4 is 16.0 Å². The van der Waals surface area contributed by atoms with Gasteiger partial charge in [0.05, 0.1) is 6.04 Å². The molecule has 0 unspecified atom stereocenters. The summed E-state index contributed by atoms with van der Waals surface area (Å²) < 4.78 is 0. The van der Waals surface area contributed by atoms with Gasteiger partial charge in [-0.3, -0.25) is 14.4 Å². The summed E-state index contributed by atoms with van der Waals surface area (Å²) in [5, 5.41) is 10.3. The van der Waals surface area contributed by atoms with Gasteiger partial charge < -0.3 is 20.9 Å². The van der Waals surface area contributed by atoms with E-state index in [0.717, 1.165) is 42.4 Å². The van der Waals surface area contributed by atoms with Gasteiger partial charge in [-0.2, -0.15) is 0 Å². The molecule has 1 aliphatic heterocycles. The maximum atomic E-state index is 14.1. The molecule has 3 aromatic rings. The lowest BCUT2D eigenvalue weighted by molar-refractivity contribution is -0.133. The van der Waals surface area contributed by atoms with Gasteiger partial charge >= 0.3 is 0 Å². The first-order valence-corrected chi connectivity index (χ1v) is 17.0. The van der Waals surface area contributed by atoms with Crippen LogP contribution in [0.2, 0.25) is 5.02 Å². The molecule has 1 heterocycles. The Bertz CT molecular complexity index is 1400. The Hall–Kier alpha value is -3.94. The lowest BCUT2D eigenvalue weighted by atomic mass is 9.88. The molecule has 1 aliphatic carbocycles. The molecule has 2 atom stereocenters. The van der Waals surface area contributed by atoms with Gasteiger partial charge in [-0.15, -0.1) is 0 Å². The zero-order valence-corrected chi connectivity index (χ0v) is 27.1. The molecule has 3 aromatic carbocycles.